The molecule has 0 spiro atoms. The third kappa shape index (κ3) is 5.17. The second-order valence-corrected chi connectivity index (χ2v) is 10.1. The van der Waals surface area contributed by atoms with Crippen LogP contribution in [0.3, 0.4) is 0 Å². The van der Waals surface area contributed by atoms with E-state index in [4.69, 9.17) is 11.6 Å². The SMILES string of the molecule is CC(NC(=O)N(C)c1ccccc1)[C@@H](C)C(=O)N1CC[C@](O)(c2ccc(Cl)cc2)C(C)(C)C1. The Morgan fingerprint density at radius 2 is 1.70 bits per heavy atom. The van der Waals surface area contributed by atoms with Crippen molar-refractivity contribution in [2.45, 2.75) is 45.8 Å². The molecular weight excluding hydrogens is 438 g/mol. The van der Waals surface area contributed by atoms with Gasteiger partial charge >= 0.3 is 6.03 Å². The smallest absolute Gasteiger partial charge is 0.321 e. The maximum Gasteiger partial charge on any atom is 0.321 e. The average Bonchev–Trinajstić information content (AvgIpc) is 2.80. The number of nitrogens with zero attached hydrogens (tertiary/aromatic N) is 2. The number of hydrogen-bond donors (Lipinski definition) is 2. The van der Waals surface area contributed by atoms with Crippen molar-refractivity contribution < 1.29 is 14.7 Å². The van der Waals surface area contributed by atoms with E-state index >= 15 is 0 Å². The van der Waals surface area contributed by atoms with Crippen LogP contribution in [0.1, 0.15) is 39.7 Å². The summed E-state index contributed by atoms with van der Waals surface area (Å²) in [5.74, 6) is -0.438. The molecule has 0 radical (unpaired) electrons. The molecule has 1 heterocycles. The van der Waals surface area contributed by atoms with E-state index in [1.165, 1.54) is 4.90 Å². The van der Waals surface area contributed by atoms with E-state index in [1.807, 2.05) is 70.2 Å². The van der Waals surface area contributed by atoms with Gasteiger partial charge < -0.3 is 15.3 Å². The fourth-order valence-corrected chi connectivity index (χ4v) is 4.58. The van der Waals surface area contributed by atoms with E-state index in [0.29, 0.717) is 24.5 Å². The monoisotopic (exact) mass is 471 g/mol. The molecule has 1 aliphatic heterocycles. The zero-order valence-electron chi connectivity index (χ0n) is 20.0. The molecule has 2 aromatic rings. The van der Waals surface area contributed by atoms with E-state index in [9.17, 15) is 14.7 Å². The maximum atomic E-state index is 13.3. The van der Waals surface area contributed by atoms with Crippen molar-refractivity contribution in [3.05, 3.63) is 65.2 Å². The van der Waals surface area contributed by atoms with Crippen molar-refractivity contribution in [3.8, 4) is 0 Å². The van der Waals surface area contributed by atoms with Gasteiger partial charge in [0.2, 0.25) is 5.91 Å². The molecule has 178 valence electrons. The van der Waals surface area contributed by atoms with E-state index in [-0.39, 0.29) is 18.0 Å². The van der Waals surface area contributed by atoms with Gasteiger partial charge in [0.1, 0.15) is 0 Å². The van der Waals surface area contributed by atoms with Crippen LogP contribution in [0, 0.1) is 11.3 Å². The lowest BCUT2D eigenvalue weighted by atomic mass is 9.66. The van der Waals surface area contributed by atoms with Gasteiger partial charge in [-0.15, -0.1) is 0 Å². The van der Waals surface area contributed by atoms with Gasteiger partial charge in [-0.25, -0.2) is 4.79 Å². The lowest BCUT2D eigenvalue weighted by Gasteiger charge is -2.51. The molecule has 1 fully saturated rings. The largest absolute Gasteiger partial charge is 0.384 e. The molecule has 2 aromatic carbocycles. The molecule has 33 heavy (non-hydrogen) atoms. The van der Waals surface area contributed by atoms with Gasteiger partial charge in [-0.2, -0.15) is 0 Å². The summed E-state index contributed by atoms with van der Waals surface area (Å²) in [6, 6.07) is 16.0. The molecule has 3 atom stereocenters. The van der Waals surface area contributed by atoms with Gasteiger partial charge in [-0.1, -0.05) is 62.7 Å². The van der Waals surface area contributed by atoms with Crippen LogP contribution in [0.15, 0.2) is 54.6 Å². The second-order valence-electron chi connectivity index (χ2n) is 9.68. The van der Waals surface area contributed by atoms with Crippen molar-refractivity contribution in [3.63, 3.8) is 0 Å². The summed E-state index contributed by atoms with van der Waals surface area (Å²) in [4.78, 5) is 29.3. The number of carbonyl (C=O) groups excluding carboxylic acids is 2. The predicted molar refractivity (Wildman–Crippen MR) is 132 cm³/mol. The Labute approximate surface area is 201 Å². The Morgan fingerprint density at radius 1 is 1.09 bits per heavy atom. The number of rotatable bonds is 5. The topological polar surface area (TPSA) is 72.9 Å². The Morgan fingerprint density at radius 3 is 2.27 bits per heavy atom. The second kappa shape index (κ2) is 9.74. The summed E-state index contributed by atoms with van der Waals surface area (Å²) in [5.41, 5.74) is -0.0355. The highest BCUT2D eigenvalue weighted by molar-refractivity contribution is 6.30. The predicted octanol–water partition coefficient (Wildman–Crippen LogP) is 4.66. The summed E-state index contributed by atoms with van der Waals surface area (Å²) < 4.78 is 0. The van der Waals surface area contributed by atoms with E-state index < -0.39 is 16.9 Å². The molecule has 0 aliphatic carbocycles. The van der Waals surface area contributed by atoms with Gasteiger partial charge in [-0.3, -0.25) is 9.69 Å². The number of benzene rings is 2. The van der Waals surface area contributed by atoms with Crippen LogP contribution in [-0.2, 0) is 10.4 Å². The number of anilines is 1. The first kappa shape index (κ1) is 25.1. The number of carbonyl (C=O) groups is 2. The Balaban J connectivity index is 1.65. The zero-order chi connectivity index (χ0) is 24.4. The molecule has 1 aliphatic rings. The minimum Gasteiger partial charge on any atom is -0.384 e. The standard InChI is InChI=1S/C26H34ClN3O3/c1-18(19(2)28-24(32)29(5)22-9-7-6-8-10-22)23(31)30-16-15-26(33,25(3,4)17-30)20-11-13-21(27)14-12-20/h6-14,18-19,33H,15-17H2,1-5H3,(H,28,32)/t18-,19?,26+/m1/s1. The van der Waals surface area contributed by atoms with Crippen LogP contribution in [0.25, 0.3) is 0 Å². The average molecular weight is 472 g/mol. The lowest BCUT2D eigenvalue weighted by Crippen LogP contribution is -2.58. The molecule has 2 N–H and O–H groups in total. The normalized spacial score (nSPS) is 21.7. The van der Waals surface area contributed by atoms with Crippen LogP contribution in [0.5, 0.6) is 0 Å². The van der Waals surface area contributed by atoms with Crippen molar-refractivity contribution in [1.29, 1.82) is 0 Å². The Bertz CT molecular complexity index is 980. The van der Waals surface area contributed by atoms with Crippen LogP contribution in [-0.4, -0.2) is 48.1 Å². The summed E-state index contributed by atoms with van der Waals surface area (Å²) in [6.07, 6.45) is 0.428. The van der Waals surface area contributed by atoms with Crippen molar-refractivity contribution in [2.24, 2.45) is 11.3 Å². The van der Waals surface area contributed by atoms with E-state index in [1.54, 1.807) is 24.1 Å². The summed E-state index contributed by atoms with van der Waals surface area (Å²) in [7, 11) is 1.70. The quantitative estimate of drug-likeness (QED) is 0.666. The van der Waals surface area contributed by atoms with Gasteiger partial charge in [0.25, 0.3) is 0 Å². The number of halogens is 1. The third-order valence-electron chi connectivity index (χ3n) is 7.02. The zero-order valence-corrected chi connectivity index (χ0v) is 20.8. The minimum absolute atomic E-state index is 0.0311. The molecule has 0 bridgehead atoms. The summed E-state index contributed by atoms with van der Waals surface area (Å²) in [6.45, 7) is 8.49. The number of urea groups is 1. The maximum absolute atomic E-state index is 13.3. The van der Waals surface area contributed by atoms with E-state index in [2.05, 4.69) is 5.32 Å². The first-order chi connectivity index (χ1) is 15.5. The number of para-hydroxylation sites is 1. The summed E-state index contributed by atoms with van der Waals surface area (Å²) in [5, 5.41) is 15.1. The highest BCUT2D eigenvalue weighted by Gasteiger charge is 2.50. The van der Waals surface area contributed by atoms with Crippen LogP contribution < -0.4 is 10.2 Å². The number of hydrogen-bond acceptors (Lipinski definition) is 3. The van der Waals surface area contributed by atoms with Gasteiger partial charge in [0, 0.05) is 42.3 Å². The minimum atomic E-state index is -1.06. The first-order valence-corrected chi connectivity index (χ1v) is 11.7. The fraction of sp³-hybridized carbons (Fsp3) is 0.462. The molecular formula is C26H34ClN3O3. The number of nitrogens with one attached hydrogen (secondary N) is 1. The highest BCUT2D eigenvalue weighted by Crippen LogP contribution is 2.46. The molecule has 3 rings (SSSR count). The number of aliphatic hydroxyl groups is 1. The molecule has 0 saturated carbocycles. The highest BCUT2D eigenvalue weighted by atomic mass is 35.5. The van der Waals surface area contributed by atoms with Gasteiger partial charge in [-0.05, 0) is 43.2 Å². The first-order valence-electron chi connectivity index (χ1n) is 11.3. The number of amides is 3. The fourth-order valence-electron chi connectivity index (χ4n) is 4.46. The van der Waals surface area contributed by atoms with Crippen LogP contribution >= 0.6 is 11.6 Å². The molecule has 7 heteroatoms. The Kier molecular flexibility index (Phi) is 7.39. The van der Waals surface area contributed by atoms with Crippen LogP contribution in [0.4, 0.5) is 10.5 Å². The number of likely N-dealkylation sites (tertiary alicyclic amines) is 1. The number of piperidine rings is 1. The molecule has 1 unspecified atom stereocenters. The summed E-state index contributed by atoms with van der Waals surface area (Å²) >= 11 is 6.02. The lowest BCUT2D eigenvalue weighted by molar-refractivity contribution is -0.156. The van der Waals surface area contributed by atoms with Crippen molar-refractivity contribution in [2.75, 3.05) is 25.0 Å². The van der Waals surface area contributed by atoms with Crippen molar-refractivity contribution in [1.82, 2.24) is 10.2 Å². The van der Waals surface area contributed by atoms with Gasteiger partial charge in [0.15, 0.2) is 0 Å². The van der Waals surface area contributed by atoms with Crippen molar-refractivity contribution >= 4 is 29.2 Å². The van der Waals surface area contributed by atoms with Crippen LogP contribution in [0.2, 0.25) is 5.02 Å². The molecule has 6 nitrogen and oxygen atoms in total. The molecule has 0 aromatic heterocycles. The third-order valence-corrected chi connectivity index (χ3v) is 7.27. The molecule has 3 amide bonds. The Hall–Kier alpha value is -2.57. The van der Waals surface area contributed by atoms with E-state index in [0.717, 1.165) is 11.3 Å². The van der Waals surface area contributed by atoms with Gasteiger partial charge in [0.05, 0.1) is 11.5 Å². The molecule has 1 saturated heterocycles.